The van der Waals surface area contributed by atoms with Gasteiger partial charge in [0.2, 0.25) is 0 Å². The molecule has 0 radical (unpaired) electrons. The second-order valence-electron chi connectivity index (χ2n) is 5.04. The molecule has 1 heterocycles. The molecule has 1 rings (SSSR count). The molecule has 0 aliphatic heterocycles. The van der Waals surface area contributed by atoms with Crippen LogP contribution in [0.2, 0.25) is 0 Å². The molecule has 2 nitrogen and oxygen atoms in total. The highest BCUT2D eigenvalue weighted by molar-refractivity contribution is 5.26. The molecule has 0 aromatic carbocycles. The number of hydrogen-bond donors (Lipinski definition) is 0. The molecule has 0 aliphatic rings. The summed E-state index contributed by atoms with van der Waals surface area (Å²) in [6, 6.07) is 0.103. The van der Waals surface area contributed by atoms with E-state index in [1.165, 1.54) is 6.20 Å². The van der Waals surface area contributed by atoms with E-state index in [0.717, 1.165) is 0 Å². The van der Waals surface area contributed by atoms with Gasteiger partial charge in [0.1, 0.15) is 0 Å². The van der Waals surface area contributed by atoms with Crippen LogP contribution in [0.4, 0.5) is 8.78 Å². The third kappa shape index (κ3) is 2.36. The van der Waals surface area contributed by atoms with E-state index < -0.39 is 6.43 Å². The van der Waals surface area contributed by atoms with Gasteiger partial charge >= 0.3 is 0 Å². The van der Waals surface area contributed by atoms with Gasteiger partial charge < -0.3 is 0 Å². The standard InChI is InChI=1S/C11H18F2N2/c1-7(2)15-9(11(3,4)5)8(6-14-15)10(12)13/h6-7,10H,1-5H3. The Morgan fingerprint density at radius 3 is 2.13 bits per heavy atom. The maximum absolute atomic E-state index is 12.8. The van der Waals surface area contributed by atoms with Gasteiger partial charge in [-0.05, 0) is 13.8 Å². The van der Waals surface area contributed by atoms with Crippen LogP contribution in [0.1, 0.15) is 58.3 Å². The molecular formula is C11H18F2N2. The van der Waals surface area contributed by atoms with Crippen LogP contribution in [0.25, 0.3) is 0 Å². The number of halogens is 2. The lowest BCUT2D eigenvalue weighted by atomic mass is 9.89. The zero-order valence-corrected chi connectivity index (χ0v) is 9.88. The summed E-state index contributed by atoms with van der Waals surface area (Å²) in [6.07, 6.45) is -1.17. The molecular weight excluding hydrogens is 198 g/mol. The Labute approximate surface area is 89.3 Å². The average molecular weight is 216 g/mol. The van der Waals surface area contributed by atoms with Gasteiger partial charge in [-0.3, -0.25) is 4.68 Å². The first-order chi connectivity index (χ1) is 6.75. The van der Waals surface area contributed by atoms with Gasteiger partial charge in [-0.1, -0.05) is 20.8 Å². The molecule has 0 aliphatic carbocycles. The van der Waals surface area contributed by atoms with Crippen LogP contribution < -0.4 is 0 Å². The molecule has 0 saturated carbocycles. The number of alkyl halides is 2. The molecule has 0 unspecified atom stereocenters. The molecule has 0 N–H and O–H groups in total. The number of aromatic nitrogens is 2. The average Bonchev–Trinajstić information content (AvgIpc) is 2.45. The SMILES string of the molecule is CC(C)n1ncc(C(F)F)c1C(C)(C)C. The topological polar surface area (TPSA) is 17.8 Å². The highest BCUT2D eigenvalue weighted by Gasteiger charge is 2.28. The molecule has 86 valence electrons. The minimum Gasteiger partial charge on any atom is -0.266 e. The molecule has 0 fully saturated rings. The zero-order chi connectivity index (χ0) is 11.8. The van der Waals surface area contributed by atoms with Crippen LogP contribution in [0.15, 0.2) is 6.20 Å². The first-order valence-corrected chi connectivity index (χ1v) is 5.11. The Bertz CT molecular complexity index is 309. The Morgan fingerprint density at radius 1 is 1.27 bits per heavy atom. The van der Waals surface area contributed by atoms with E-state index in [0.29, 0.717) is 5.69 Å². The van der Waals surface area contributed by atoms with Crippen LogP contribution in [0.3, 0.4) is 0 Å². The highest BCUT2D eigenvalue weighted by atomic mass is 19.3. The fourth-order valence-corrected chi connectivity index (χ4v) is 1.70. The largest absolute Gasteiger partial charge is 0.267 e. The molecule has 0 bridgehead atoms. The van der Waals surface area contributed by atoms with Crippen molar-refractivity contribution in [3.05, 3.63) is 17.5 Å². The summed E-state index contributed by atoms with van der Waals surface area (Å²) < 4.78 is 27.2. The summed E-state index contributed by atoms with van der Waals surface area (Å²) in [5, 5.41) is 4.04. The molecule has 0 spiro atoms. The maximum Gasteiger partial charge on any atom is 0.267 e. The number of hydrogen-bond acceptors (Lipinski definition) is 1. The lowest BCUT2D eigenvalue weighted by molar-refractivity contribution is 0.148. The summed E-state index contributed by atoms with van der Waals surface area (Å²) in [5.74, 6) is 0. The zero-order valence-electron chi connectivity index (χ0n) is 9.88. The molecule has 0 saturated heterocycles. The molecule has 15 heavy (non-hydrogen) atoms. The minimum atomic E-state index is -2.45. The van der Waals surface area contributed by atoms with Gasteiger partial charge in [0.25, 0.3) is 6.43 Å². The van der Waals surface area contributed by atoms with Crippen molar-refractivity contribution in [3.63, 3.8) is 0 Å². The van der Waals surface area contributed by atoms with Gasteiger partial charge in [0.05, 0.1) is 17.5 Å². The van der Waals surface area contributed by atoms with Crippen LogP contribution >= 0.6 is 0 Å². The highest BCUT2D eigenvalue weighted by Crippen LogP contribution is 2.33. The summed E-state index contributed by atoms with van der Waals surface area (Å²) in [4.78, 5) is 0. The normalized spacial score (nSPS) is 12.9. The van der Waals surface area contributed by atoms with Crippen molar-refractivity contribution in [2.45, 2.75) is 52.5 Å². The summed E-state index contributed by atoms with van der Waals surface area (Å²) in [7, 11) is 0. The van der Waals surface area contributed by atoms with Crippen LogP contribution in [0.5, 0.6) is 0 Å². The molecule has 0 atom stereocenters. The molecule has 1 aromatic rings. The third-order valence-corrected chi connectivity index (χ3v) is 2.26. The van der Waals surface area contributed by atoms with Gasteiger partial charge in [-0.15, -0.1) is 0 Å². The van der Waals surface area contributed by atoms with E-state index in [-0.39, 0.29) is 17.0 Å². The van der Waals surface area contributed by atoms with Gasteiger partial charge in [0.15, 0.2) is 0 Å². The van der Waals surface area contributed by atoms with E-state index in [1.807, 2.05) is 34.6 Å². The lowest BCUT2D eigenvalue weighted by Gasteiger charge is -2.24. The predicted octanol–water partition coefficient (Wildman–Crippen LogP) is 3.70. The van der Waals surface area contributed by atoms with Crippen LogP contribution in [-0.4, -0.2) is 9.78 Å². The van der Waals surface area contributed by atoms with Gasteiger partial charge in [0, 0.05) is 11.5 Å². The van der Waals surface area contributed by atoms with E-state index in [2.05, 4.69) is 5.10 Å². The van der Waals surface area contributed by atoms with Gasteiger partial charge in [-0.25, -0.2) is 8.78 Å². The van der Waals surface area contributed by atoms with Crippen molar-refractivity contribution >= 4 is 0 Å². The quantitative estimate of drug-likeness (QED) is 0.737. The predicted molar refractivity (Wildman–Crippen MR) is 56.3 cm³/mol. The summed E-state index contributed by atoms with van der Waals surface area (Å²) in [6.45, 7) is 9.66. The second-order valence-corrected chi connectivity index (χ2v) is 5.04. The van der Waals surface area contributed by atoms with Crippen molar-refractivity contribution in [3.8, 4) is 0 Å². The molecule has 4 heteroatoms. The Hall–Kier alpha value is -0.930. The van der Waals surface area contributed by atoms with E-state index in [9.17, 15) is 8.78 Å². The van der Waals surface area contributed by atoms with E-state index in [4.69, 9.17) is 0 Å². The Balaban J connectivity index is 3.34. The van der Waals surface area contributed by atoms with Crippen LogP contribution in [-0.2, 0) is 5.41 Å². The molecule has 1 aromatic heterocycles. The fraction of sp³-hybridized carbons (Fsp3) is 0.727. The monoisotopic (exact) mass is 216 g/mol. The summed E-state index contributed by atoms with van der Waals surface area (Å²) >= 11 is 0. The third-order valence-electron chi connectivity index (χ3n) is 2.26. The minimum absolute atomic E-state index is 0.0520. The van der Waals surface area contributed by atoms with E-state index >= 15 is 0 Å². The van der Waals surface area contributed by atoms with Crippen molar-refractivity contribution < 1.29 is 8.78 Å². The Morgan fingerprint density at radius 2 is 1.80 bits per heavy atom. The summed E-state index contributed by atoms with van der Waals surface area (Å²) in [5.41, 5.74) is 0.371. The smallest absolute Gasteiger partial charge is 0.266 e. The van der Waals surface area contributed by atoms with Crippen molar-refractivity contribution in [2.24, 2.45) is 0 Å². The van der Waals surface area contributed by atoms with Gasteiger partial charge in [-0.2, -0.15) is 5.10 Å². The van der Waals surface area contributed by atoms with Crippen molar-refractivity contribution in [2.75, 3.05) is 0 Å². The number of rotatable bonds is 2. The number of nitrogens with zero attached hydrogens (tertiary/aromatic N) is 2. The lowest BCUT2D eigenvalue weighted by Crippen LogP contribution is -2.21. The fourth-order valence-electron chi connectivity index (χ4n) is 1.70. The van der Waals surface area contributed by atoms with Crippen molar-refractivity contribution in [1.29, 1.82) is 0 Å². The maximum atomic E-state index is 12.8. The first kappa shape index (κ1) is 12.1. The van der Waals surface area contributed by atoms with Crippen LogP contribution in [0, 0.1) is 0 Å². The van der Waals surface area contributed by atoms with Crippen molar-refractivity contribution in [1.82, 2.24) is 9.78 Å². The second kappa shape index (κ2) is 3.91. The molecule has 0 amide bonds. The Kier molecular flexibility index (Phi) is 3.16. The first-order valence-electron chi connectivity index (χ1n) is 5.11. The van der Waals surface area contributed by atoms with E-state index in [1.54, 1.807) is 4.68 Å².